The third-order valence-corrected chi connectivity index (χ3v) is 5.22. The van der Waals surface area contributed by atoms with Crippen molar-refractivity contribution in [3.05, 3.63) is 84.8 Å². The summed E-state index contributed by atoms with van der Waals surface area (Å²) < 4.78 is 4.34. The van der Waals surface area contributed by atoms with E-state index in [9.17, 15) is 0 Å². The number of para-hydroxylation sites is 1. The molecule has 0 saturated carbocycles. The lowest BCUT2D eigenvalue weighted by atomic mass is 9.83. The Morgan fingerprint density at radius 2 is 1.43 bits per heavy atom. The zero-order valence-corrected chi connectivity index (χ0v) is 18.3. The maximum absolute atomic E-state index is 4.75. The molecule has 0 atom stereocenters. The quantitative estimate of drug-likeness (QED) is 0.333. The van der Waals surface area contributed by atoms with Gasteiger partial charge in [0.25, 0.3) is 0 Å². The van der Waals surface area contributed by atoms with E-state index in [0.717, 1.165) is 33.3 Å². The van der Waals surface area contributed by atoms with E-state index in [0.29, 0.717) is 0 Å². The third kappa shape index (κ3) is 3.18. The predicted octanol–water partition coefficient (Wildman–Crippen LogP) is 6.69. The van der Waals surface area contributed by atoms with Crippen LogP contribution in [0.15, 0.2) is 79.3 Å². The number of nitrogens with zero attached hydrogens (tertiary/aromatic N) is 4. The zero-order chi connectivity index (χ0) is 21.3. The van der Waals surface area contributed by atoms with Crippen molar-refractivity contribution in [1.82, 2.24) is 19.3 Å². The first-order valence-electron chi connectivity index (χ1n) is 10.5. The summed E-state index contributed by atoms with van der Waals surface area (Å²) in [5.41, 5.74) is 5.63. The van der Waals surface area contributed by atoms with E-state index >= 15 is 0 Å². The summed E-state index contributed by atoms with van der Waals surface area (Å²) in [5.74, 6) is 0.928. The Morgan fingerprint density at radius 1 is 0.733 bits per heavy atom. The molecular formula is C26H28N4. The number of fused-ring (bicyclic) bond motifs is 3. The van der Waals surface area contributed by atoms with Crippen LogP contribution in [0.25, 0.3) is 33.3 Å². The molecule has 0 saturated heterocycles. The van der Waals surface area contributed by atoms with Gasteiger partial charge in [-0.25, -0.2) is 14.3 Å². The Hall–Kier alpha value is -3.40. The van der Waals surface area contributed by atoms with E-state index < -0.39 is 0 Å². The van der Waals surface area contributed by atoms with Crippen molar-refractivity contribution in [2.24, 2.45) is 0 Å². The van der Waals surface area contributed by atoms with Crippen LogP contribution in [0.1, 0.15) is 40.2 Å². The fraction of sp³-hybridized carbons (Fsp3) is 0.231. The number of pyridine rings is 1. The van der Waals surface area contributed by atoms with Crippen molar-refractivity contribution in [3.63, 3.8) is 0 Å². The monoisotopic (exact) mass is 396 g/mol. The number of imidazole rings is 1. The highest BCUT2D eigenvalue weighted by atomic mass is 15.5. The van der Waals surface area contributed by atoms with E-state index in [-0.39, 0.29) is 5.41 Å². The molecule has 0 spiro atoms. The van der Waals surface area contributed by atoms with Gasteiger partial charge >= 0.3 is 0 Å². The third-order valence-electron chi connectivity index (χ3n) is 5.22. The standard InChI is InChI=1S/C24H22N4.C2H6/c1-24(2,3)19-11-6-4-9-17(19)23-26-15-16-27(23)28-20-12-7-5-10-18(20)22-21(28)13-8-14-25-22;1-2/h4-16H,1-3H3;1-2H3. The molecule has 5 aromatic rings. The summed E-state index contributed by atoms with van der Waals surface area (Å²) in [6.45, 7) is 10.7. The molecular weight excluding hydrogens is 368 g/mol. The molecule has 30 heavy (non-hydrogen) atoms. The second-order valence-electron chi connectivity index (χ2n) is 8.09. The Labute approximate surface area is 177 Å². The van der Waals surface area contributed by atoms with E-state index in [2.05, 4.69) is 89.7 Å². The minimum atomic E-state index is 0.0236. The van der Waals surface area contributed by atoms with E-state index in [1.165, 1.54) is 5.56 Å². The Bertz CT molecular complexity index is 1250. The molecule has 3 aromatic heterocycles. The summed E-state index contributed by atoms with van der Waals surface area (Å²) in [5, 5.41) is 1.14. The summed E-state index contributed by atoms with van der Waals surface area (Å²) in [4.78, 5) is 9.40. The lowest BCUT2D eigenvalue weighted by Gasteiger charge is -2.23. The van der Waals surface area contributed by atoms with Crippen molar-refractivity contribution >= 4 is 21.9 Å². The van der Waals surface area contributed by atoms with Crippen molar-refractivity contribution in [2.45, 2.75) is 40.0 Å². The fourth-order valence-corrected chi connectivity index (χ4v) is 3.98. The van der Waals surface area contributed by atoms with Gasteiger partial charge in [-0.15, -0.1) is 0 Å². The number of hydrogen-bond acceptors (Lipinski definition) is 2. The van der Waals surface area contributed by atoms with Gasteiger partial charge in [-0.2, -0.15) is 0 Å². The maximum Gasteiger partial charge on any atom is 0.159 e. The van der Waals surface area contributed by atoms with E-state index in [4.69, 9.17) is 4.98 Å². The first-order chi connectivity index (χ1) is 14.6. The minimum absolute atomic E-state index is 0.0236. The first-order valence-corrected chi connectivity index (χ1v) is 10.5. The molecule has 0 radical (unpaired) electrons. The second-order valence-corrected chi connectivity index (χ2v) is 8.09. The zero-order valence-electron chi connectivity index (χ0n) is 18.3. The van der Waals surface area contributed by atoms with Crippen LogP contribution in [-0.2, 0) is 5.41 Å². The van der Waals surface area contributed by atoms with Crippen molar-refractivity contribution in [1.29, 1.82) is 0 Å². The highest BCUT2D eigenvalue weighted by Crippen LogP contribution is 2.34. The predicted molar refractivity (Wildman–Crippen MR) is 126 cm³/mol. The molecule has 4 nitrogen and oxygen atoms in total. The van der Waals surface area contributed by atoms with Crippen molar-refractivity contribution in [3.8, 4) is 11.4 Å². The molecule has 152 valence electrons. The number of benzene rings is 2. The topological polar surface area (TPSA) is 35.6 Å². The van der Waals surface area contributed by atoms with Gasteiger partial charge in [-0.05, 0) is 29.2 Å². The van der Waals surface area contributed by atoms with Gasteiger partial charge in [-0.3, -0.25) is 4.98 Å². The van der Waals surface area contributed by atoms with Gasteiger partial charge in [0, 0.05) is 29.5 Å². The minimum Gasteiger partial charge on any atom is -0.254 e. The lowest BCUT2D eigenvalue weighted by Crippen LogP contribution is -2.15. The highest BCUT2D eigenvalue weighted by molar-refractivity contribution is 6.05. The molecule has 0 aliphatic heterocycles. The summed E-state index contributed by atoms with van der Waals surface area (Å²) >= 11 is 0. The fourth-order valence-electron chi connectivity index (χ4n) is 3.98. The molecule has 0 aliphatic rings. The summed E-state index contributed by atoms with van der Waals surface area (Å²) in [6.07, 6.45) is 5.74. The van der Waals surface area contributed by atoms with Gasteiger partial charge in [0.05, 0.1) is 16.6 Å². The largest absolute Gasteiger partial charge is 0.254 e. The molecule has 3 heterocycles. The van der Waals surface area contributed by atoms with E-state index in [1.807, 2.05) is 38.5 Å². The van der Waals surface area contributed by atoms with Crippen molar-refractivity contribution in [2.75, 3.05) is 0 Å². The van der Waals surface area contributed by atoms with Crippen LogP contribution >= 0.6 is 0 Å². The highest BCUT2D eigenvalue weighted by Gasteiger charge is 2.22. The van der Waals surface area contributed by atoms with Crippen LogP contribution in [0, 0.1) is 0 Å². The van der Waals surface area contributed by atoms with Gasteiger partial charge in [0.2, 0.25) is 0 Å². The molecule has 2 aromatic carbocycles. The molecule has 4 heteroatoms. The Balaban J connectivity index is 0.00000106. The maximum atomic E-state index is 4.75. The van der Waals surface area contributed by atoms with Crippen LogP contribution in [0.3, 0.4) is 0 Å². The van der Waals surface area contributed by atoms with Gasteiger partial charge in [0.1, 0.15) is 0 Å². The molecule has 5 rings (SSSR count). The first kappa shape index (κ1) is 19.9. The molecule has 0 fully saturated rings. The Kier molecular flexibility index (Phi) is 5.17. The lowest BCUT2D eigenvalue weighted by molar-refractivity contribution is 0.590. The average Bonchev–Trinajstić information content (AvgIpc) is 3.37. The molecule has 0 aliphatic carbocycles. The second kappa shape index (κ2) is 7.79. The number of hydrogen-bond donors (Lipinski definition) is 0. The van der Waals surface area contributed by atoms with Crippen LogP contribution in [0.2, 0.25) is 0 Å². The molecule has 0 unspecified atom stereocenters. The SMILES string of the molecule is CC.CC(C)(C)c1ccccc1-c1nccn1-n1c2ccccc2c2ncccc21. The summed E-state index contributed by atoms with van der Waals surface area (Å²) in [7, 11) is 0. The van der Waals surface area contributed by atoms with Crippen LogP contribution in [0.4, 0.5) is 0 Å². The van der Waals surface area contributed by atoms with Gasteiger partial charge < -0.3 is 0 Å². The molecule has 0 bridgehead atoms. The van der Waals surface area contributed by atoms with Crippen LogP contribution in [-0.4, -0.2) is 19.3 Å². The number of aromatic nitrogens is 4. The summed E-state index contributed by atoms with van der Waals surface area (Å²) in [6, 6.07) is 21.0. The molecule has 0 N–H and O–H groups in total. The van der Waals surface area contributed by atoms with Gasteiger partial charge in [-0.1, -0.05) is 77.1 Å². The van der Waals surface area contributed by atoms with Crippen molar-refractivity contribution < 1.29 is 0 Å². The van der Waals surface area contributed by atoms with E-state index in [1.54, 1.807) is 0 Å². The Morgan fingerprint density at radius 3 is 2.23 bits per heavy atom. The van der Waals surface area contributed by atoms with Gasteiger partial charge in [0.15, 0.2) is 5.82 Å². The van der Waals surface area contributed by atoms with Crippen LogP contribution in [0.5, 0.6) is 0 Å². The smallest absolute Gasteiger partial charge is 0.159 e. The van der Waals surface area contributed by atoms with Crippen LogP contribution < -0.4 is 0 Å². The molecule has 0 amide bonds. The average molecular weight is 397 g/mol. The number of rotatable bonds is 2. The normalized spacial score (nSPS) is 11.5.